The number of ether oxygens (including phenoxy) is 4. The molecule has 1 atom stereocenters. The van der Waals surface area contributed by atoms with Gasteiger partial charge in [0.1, 0.15) is 24.6 Å². The van der Waals surface area contributed by atoms with Crippen LogP contribution in [0.25, 0.3) is 0 Å². The fraction of sp³-hybridized carbons (Fsp3) is 0.720. The van der Waals surface area contributed by atoms with Gasteiger partial charge in [0.2, 0.25) is 0 Å². The van der Waals surface area contributed by atoms with Crippen LogP contribution in [0.1, 0.15) is 72.2 Å². The van der Waals surface area contributed by atoms with E-state index < -0.39 is 23.8 Å². The van der Waals surface area contributed by atoms with Crippen LogP contribution in [0.15, 0.2) is 12.4 Å². The minimum absolute atomic E-state index is 0.0224. The number of hydrogen-bond acceptors (Lipinski definition) is 11. The molecular weight excluding hydrogens is 496 g/mol. The van der Waals surface area contributed by atoms with Crippen molar-refractivity contribution in [1.29, 1.82) is 0 Å². The topological polar surface area (TPSA) is 150 Å². The normalized spacial score (nSPS) is 12.7. The van der Waals surface area contributed by atoms with Gasteiger partial charge >= 0.3 is 17.9 Å². The van der Waals surface area contributed by atoms with E-state index >= 15 is 0 Å². The molecule has 13 nitrogen and oxygen atoms in total. The number of esters is 3. The van der Waals surface area contributed by atoms with Crippen molar-refractivity contribution in [3.8, 4) is 0 Å². The lowest BCUT2D eigenvalue weighted by molar-refractivity contribution is -0.149. The van der Waals surface area contributed by atoms with Gasteiger partial charge in [-0.3, -0.25) is 19.1 Å². The fourth-order valence-electron chi connectivity index (χ4n) is 3.11. The Bertz CT molecular complexity index is 1050. The Balaban J connectivity index is 1.68. The molecule has 0 aliphatic carbocycles. The minimum Gasteiger partial charge on any atom is -0.469 e. The first-order chi connectivity index (χ1) is 17.8. The Labute approximate surface area is 223 Å². The number of aromatic nitrogens is 6. The molecule has 0 N–H and O–H groups in total. The minimum atomic E-state index is -0.551. The summed E-state index contributed by atoms with van der Waals surface area (Å²) in [6.45, 7) is 12.9. The van der Waals surface area contributed by atoms with Crippen LogP contribution < -0.4 is 0 Å². The van der Waals surface area contributed by atoms with Crippen molar-refractivity contribution in [3.05, 3.63) is 23.8 Å². The van der Waals surface area contributed by atoms with Gasteiger partial charge in [-0.25, -0.2) is 4.68 Å². The van der Waals surface area contributed by atoms with Gasteiger partial charge in [0, 0.05) is 12.8 Å². The number of carbonyl (C=O) groups excluding carboxylic acids is 3. The fourth-order valence-corrected chi connectivity index (χ4v) is 3.11. The number of rotatable bonds is 14. The van der Waals surface area contributed by atoms with Crippen molar-refractivity contribution in [1.82, 2.24) is 30.0 Å². The van der Waals surface area contributed by atoms with Gasteiger partial charge in [0.15, 0.2) is 0 Å². The molecule has 0 bridgehead atoms. The van der Waals surface area contributed by atoms with Gasteiger partial charge in [-0.1, -0.05) is 31.2 Å². The maximum absolute atomic E-state index is 12.1. The molecule has 0 aromatic carbocycles. The summed E-state index contributed by atoms with van der Waals surface area (Å²) >= 11 is 0. The molecular formula is C25H40N6O7. The molecule has 0 spiro atoms. The summed E-state index contributed by atoms with van der Waals surface area (Å²) in [5, 5.41) is 16.0. The van der Waals surface area contributed by atoms with E-state index in [9.17, 15) is 14.4 Å². The maximum atomic E-state index is 12.1. The van der Waals surface area contributed by atoms with Crippen molar-refractivity contribution in [3.63, 3.8) is 0 Å². The predicted molar refractivity (Wildman–Crippen MR) is 134 cm³/mol. The van der Waals surface area contributed by atoms with Gasteiger partial charge in [0.25, 0.3) is 0 Å². The maximum Gasteiger partial charge on any atom is 0.312 e. The highest BCUT2D eigenvalue weighted by Crippen LogP contribution is 2.15. The van der Waals surface area contributed by atoms with Crippen molar-refractivity contribution in [2.75, 3.05) is 20.3 Å². The highest BCUT2D eigenvalue weighted by molar-refractivity contribution is 5.72. The van der Waals surface area contributed by atoms with E-state index in [-0.39, 0.29) is 56.6 Å². The molecule has 0 saturated heterocycles. The highest BCUT2D eigenvalue weighted by atomic mass is 16.5. The highest BCUT2D eigenvalue weighted by Gasteiger charge is 2.23. The Morgan fingerprint density at radius 2 is 1.47 bits per heavy atom. The SMILES string of the molecule is COC(=O)C(COCC(C)(C)C)Cn1cc(COC(=O)CCCC(=O)OCc2cn(C(C)(C)C)nn2)nn1. The van der Waals surface area contributed by atoms with Crippen LogP contribution in [0.2, 0.25) is 0 Å². The Hall–Kier alpha value is -3.35. The van der Waals surface area contributed by atoms with Gasteiger partial charge in [-0.05, 0) is 32.6 Å². The van der Waals surface area contributed by atoms with Crippen LogP contribution in [0, 0.1) is 11.3 Å². The quantitative estimate of drug-likeness (QED) is 0.259. The zero-order valence-corrected chi connectivity index (χ0v) is 23.4. The molecule has 212 valence electrons. The van der Waals surface area contributed by atoms with Crippen molar-refractivity contribution in [2.24, 2.45) is 11.3 Å². The Kier molecular flexibility index (Phi) is 11.4. The number of nitrogens with zero attached hydrogens (tertiary/aromatic N) is 6. The molecule has 0 radical (unpaired) electrons. The monoisotopic (exact) mass is 536 g/mol. The lowest BCUT2D eigenvalue weighted by Gasteiger charge is -2.20. The number of carbonyl (C=O) groups is 3. The van der Waals surface area contributed by atoms with Crippen LogP contribution in [0.5, 0.6) is 0 Å². The van der Waals surface area contributed by atoms with Gasteiger partial charge < -0.3 is 18.9 Å². The van der Waals surface area contributed by atoms with Crippen LogP contribution in [0.4, 0.5) is 0 Å². The van der Waals surface area contributed by atoms with E-state index in [0.717, 1.165) is 0 Å². The molecule has 2 aromatic rings. The Morgan fingerprint density at radius 3 is 2.00 bits per heavy atom. The zero-order valence-electron chi connectivity index (χ0n) is 23.4. The standard InChI is InChI=1S/C25H40N6O7/c1-24(2,3)17-36-14-18(23(34)35-7)11-30-12-19(26-28-30)15-37-21(32)9-8-10-22(33)38-16-20-13-31(29-27-20)25(4,5)6/h12-13,18H,8-11,14-17H2,1-7H3. The molecule has 0 saturated carbocycles. The first kappa shape index (κ1) is 30.9. The molecule has 0 aliphatic rings. The molecule has 0 amide bonds. The smallest absolute Gasteiger partial charge is 0.312 e. The van der Waals surface area contributed by atoms with Crippen molar-refractivity contribution in [2.45, 2.75) is 86.1 Å². The molecule has 0 aliphatic heterocycles. The predicted octanol–water partition coefficient (Wildman–Crippen LogP) is 2.43. The van der Waals surface area contributed by atoms with Crippen LogP contribution >= 0.6 is 0 Å². The van der Waals surface area contributed by atoms with Crippen LogP contribution in [-0.2, 0) is 58.6 Å². The number of methoxy groups -OCH3 is 1. The summed E-state index contributed by atoms with van der Waals surface area (Å²) in [6, 6.07) is 0. The third-order valence-corrected chi connectivity index (χ3v) is 5.13. The number of hydrogen-bond donors (Lipinski definition) is 0. The van der Waals surface area contributed by atoms with Crippen LogP contribution in [-0.4, -0.2) is 68.2 Å². The summed E-state index contributed by atoms with van der Waals surface area (Å²) in [6.07, 6.45) is 3.75. The average Bonchev–Trinajstić information content (AvgIpc) is 3.49. The summed E-state index contributed by atoms with van der Waals surface area (Å²) in [5.41, 5.74) is 0.743. The van der Waals surface area contributed by atoms with Crippen molar-refractivity contribution >= 4 is 17.9 Å². The third-order valence-electron chi connectivity index (χ3n) is 5.13. The molecule has 2 heterocycles. The first-order valence-electron chi connectivity index (χ1n) is 12.5. The first-order valence-corrected chi connectivity index (χ1v) is 12.5. The lowest BCUT2D eigenvalue weighted by atomic mass is 9.98. The van der Waals surface area contributed by atoms with E-state index in [1.807, 2.05) is 41.5 Å². The summed E-state index contributed by atoms with van der Waals surface area (Å²) in [4.78, 5) is 36.1. The molecule has 2 rings (SSSR count). The molecule has 1 unspecified atom stereocenters. The van der Waals surface area contributed by atoms with Gasteiger partial charge in [-0.2, -0.15) is 0 Å². The van der Waals surface area contributed by atoms with E-state index in [1.54, 1.807) is 17.1 Å². The second kappa shape index (κ2) is 14.0. The third kappa shape index (κ3) is 11.4. The molecule has 0 fully saturated rings. The summed E-state index contributed by atoms with van der Waals surface area (Å²) < 4.78 is 24.1. The summed E-state index contributed by atoms with van der Waals surface area (Å²) in [7, 11) is 1.32. The lowest BCUT2D eigenvalue weighted by Crippen LogP contribution is -2.28. The van der Waals surface area contributed by atoms with Gasteiger partial charge in [0.05, 0.1) is 50.7 Å². The molecule has 13 heteroatoms. The van der Waals surface area contributed by atoms with E-state index in [0.29, 0.717) is 18.0 Å². The Morgan fingerprint density at radius 1 is 0.895 bits per heavy atom. The van der Waals surface area contributed by atoms with E-state index in [4.69, 9.17) is 18.9 Å². The second-order valence-corrected chi connectivity index (χ2v) is 11.2. The average molecular weight is 537 g/mol. The van der Waals surface area contributed by atoms with E-state index in [1.165, 1.54) is 11.8 Å². The largest absolute Gasteiger partial charge is 0.469 e. The van der Waals surface area contributed by atoms with E-state index in [2.05, 4.69) is 20.6 Å². The zero-order chi connectivity index (χ0) is 28.3. The van der Waals surface area contributed by atoms with Gasteiger partial charge in [-0.15, -0.1) is 10.2 Å². The second-order valence-electron chi connectivity index (χ2n) is 11.2. The molecule has 2 aromatic heterocycles. The summed E-state index contributed by atoms with van der Waals surface area (Å²) in [5.74, 6) is -1.86. The van der Waals surface area contributed by atoms with Crippen molar-refractivity contribution < 1.29 is 33.3 Å². The van der Waals surface area contributed by atoms with Crippen LogP contribution in [0.3, 0.4) is 0 Å². The molecule has 38 heavy (non-hydrogen) atoms.